The van der Waals surface area contributed by atoms with Crippen LogP contribution in [0.25, 0.3) is 150 Å². The summed E-state index contributed by atoms with van der Waals surface area (Å²) < 4.78 is 15.6. The first-order valence-corrected chi connectivity index (χ1v) is 28.6. The second-order valence-corrected chi connectivity index (χ2v) is 24.0. The van der Waals surface area contributed by atoms with Crippen molar-refractivity contribution in [1.29, 1.82) is 0 Å². The van der Waals surface area contributed by atoms with Crippen LogP contribution in [-0.2, 0) is 10.8 Å². The summed E-state index contributed by atoms with van der Waals surface area (Å²) in [6.45, 7) is 13.9. The van der Waals surface area contributed by atoms with Gasteiger partial charge >= 0.3 is 0 Å². The Morgan fingerprint density at radius 2 is 0.614 bits per heavy atom. The Kier molecular flexibility index (Phi) is 11.6. The Morgan fingerprint density at radius 3 is 1.00 bits per heavy atom. The van der Waals surface area contributed by atoms with Crippen LogP contribution in [0.1, 0.15) is 52.7 Å². The van der Waals surface area contributed by atoms with Gasteiger partial charge in [0.2, 0.25) is 0 Å². The van der Waals surface area contributed by atoms with Gasteiger partial charge in [-0.25, -0.2) is 15.0 Å². The number of nitrogens with zero attached hydrogens (tertiary/aromatic N) is 4. The van der Waals surface area contributed by atoms with Gasteiger partial charge in [0.05, 0.1) is 16.7 Å². The molecule has 0 aliphatic heterocycles. The molecule has 0 amide bonds. The molecule has 15 rings (SSSR count). The lowest BCUT2D eigenvalue weighted by Gasteiger charge is -2.25. The van der Waals surface area contributed by atoms with Crippen molar-refractivity contribution in [3.05, 3.63) is 254 Å². The Bertz CT molecular complexity index is 4710. The first-order valence-electron chi connectivity index (χ1n) is 28.6. The van der Waals surface area contributed by atoms with E-state index < -0.39 is 0 Å². The molecule has 15 aromatic rings. The summed E-state index contributed by atoms with van der Waals surface area (Å²) in [7, 11) is 0. The zero-order valence-corrected chi connectivity index (χ0v) is 47.2. The normalized spacial score (nSPS) is 12.2. The van der Waals surface area contributed by atoms with Gasteiger partial charge in [0, 0.05) is 71.3 Å². The zero-order valence-electron chi connectivity index (χ0n) is 47.2. The van der Waals surface area contributed by atoms with Gasteiger partial charge in [0.15, 0.2) is 17.5 Å². The summed E-state index contributed by atoms with van der Waals surface area (Å²) in [4.78, 5) is 16.3. The van der Waals surface area contributed by atoms with E-state index in [-0.39, 0.29) is 10.8 Å². The van der Waals surface area contributed by atoms with Crippen molar-refractivity contribution in [3.8, 4) is 84.4 Å². The summed E-state index contributed by atoms with van der Waals surface area (Å²) in [5, 5.41) is 6.59. The van der Waals surface area contributed by atoms with E-state index in [1.807, 2.05) is 36.4 Å². The smallest absolute Gasteiger partial charge is 0.164 e. The van der Waals surface area contributed by atoms with Gasteiger partial charge in [0.1, 0.15) is 22.3 Å². The van der Waals surface area contributed by atoms with E-state index in [0.29, 0.717) is 17.5 Å². The predicted molar refractivity (Wildman–Crippen MR) is 344 cm³/mol. The molecule has 0 aliphatic carbocycles. The van der Waals surface area contributed by atoms with Crippen LogP contribution in [0.3, 0.4) is 0 Å². The van der Waals surface area contributed by atoms with Crippen molar-refractivity contribution in [2.45, 2.75) is 52.4 Å². The quantitative estimate of drug-likeness (QED) is 0.152. The van der Waals surface area contributed by atoms with Gasteiger partial charge in [0.25, 0.3) is 0 Å². The monoisotopic (exact) mass is 1070 g/mol. The molecule has 0 unspecified atom stereocenters. The third kappa shape index (κ3) is 8.60. The molecule has 0 radical (unpaired) electrons. The molecule has 0 N–H and O–H groups in total. The second-order valence-electron chi connectivity index (χ2n) is 24.0. The van der Waals surface area contributed by atoms with E-state index in [1.165, 1.54) is 21.9 Å². The number of furan rings is 2. The Hall–Kier alpha value is -10.2. The molecule has 83 heavy (non-hydrogen) atoms. The Balaban J connectivity index is 1.08. The van der Waals surface area contributed by atoms with Crippen LogP contribution in [0, 0.1) is 0 Å². The maximum Gasteiger partial charge on any atom is 0.164 e. The van der Waals surface area contributed by atoms with Crippen LogP contribution >= 0.6 is 0 Å². The minimum absolute atomic E-state index is 0.153. The first-order chi connectivity index (χ1) is 40.4. The molecule has 4 heterocycles. The highest BCUT2D eigenvalue weighted by Gasteiger charge is 2.30. The molecule has 11 aromatic carbocycles. The predicted octanol–water partition coefficient (Wildman–Crippen LogP) is 21.0. The molecule has 398 valence electrons. The highest BCUT2D eigenvalue weighted by atomic mass is 16.3. The lowest BCUT2D eigenvalue weighted by molar-refractivity contribution is 0.590. The number of aromatic nitrogens is 4. The summed E-state index contributed by atoms with van der Waals surface area (Å²) in [5.74, 6) is 1.58. The highest BCUT2D eigenvalue weighted by molar-refractivity contribution is 6.19. The Labute approximate surface area is 482 Å². The number of rotatable bonds is 8. The van der Waals surface area contributed by atoms with Crippen molar-refractivity contribution >= 4 is 65.7 Å². The van der Waals surface area contributed by atoms with E-state index in [4.69, 9.17) is 23.8 Å². The SMILES string of the molecule is CC(C)(C)c1cc(-c2ccccc2)c2c(c1)c1cc(C(C)(C)C)cc(-c3ccccc3)c1n2-c1c(-c2ccccc2)cc(-c2nc(-c3ccc4c(c3)oc3ccccc34)nc(-c3ccc4c(c3)oc3ccccc34)n2)cc1-c1ccccc1. The molecule has 0 saturated heterocycles. The molecule has 0 spiro atoms. The van der Waals surface area contributed by atoms with Crippen LogP contribution in [0.2, 0.25) is 0 Å². The van der Waals surface area contributed by atoms with E-state index in [1.54, 1.807) is 0 Å². The fourth-order valence-corrected chi connectivity index (χ4v) is 12.2. The van der Waals surface area contributed by atoms with Crippen LogP contribution < -0.4 is 0 Å². The first kappa shape index (κ1) is 49.8. The number of fused-ring (bicyclic) bond motifs is 9. The standard InChI is InChI=1S/C77H58N4O2/c1-76(2,3)54-43-62(49-27-15-9-16-28-49)71-64(45-54)65-46-55(77(4,5)6)44-63(50-29-17-10-18-30-50)72(65)81(71)70-60(47-23-11-7-12-24-47)39-53(40-61(70)48-25-13-8-14-26-48)75-79-73(51-35-37-58-56-31-19-21-33-66(56)82-68(58)41-51)78-74(80-75)52-36-38-59-57-32-20-22-34-67(57)83-69(59)42-52/h7-46H,1-6H3. The van der Waals surface area contributed by atoms with Crippen molar-refractivity contribution in [3.63, 3.8) is 0 Å². The number of hydrogen-bond donors (Lipinski definition) is 0. The fraction of sp³-hybridized carbons (Fsp3) is 0.104. The Morgan fingerprint density at radius 1 is 0.277 bits per heavy atom. The summed E-state index contributed by atoms with van der Waals surface area (Å²) in [6, 6.07) is 86.8. The molecule has 0 atom stereocenters. The van der Waals surface area contributed by atoms with Gasteiger partial charge in [-0.05, 0) is 117 Å². The summed E-state index contributed by atoms with van der Waals surface area (Å²) in [6.07, 6.45) is 0. The third-order valence-corrected chi connectivity index (χ3v) is 16.5. The molecule has 0 bridgehead atoms. The van der Waals surface area contributed by atoms with E-state index in [2.05, 4.69) is 252 Å². The average molecular weight is 1070 g/mol. The summed E-state index contributed by atoms with van der Waals surface area (Å²) >= 11 is 0. The maximum atomic E-state index is 6.49. The van der Waals surface area contributed by atoms with Crippen molar-refractivity contribution in [1.82, 2.24) is 19.5 Å². The van der Waals surface area contributed by atoms with Crippen molar-refractivity contribution in [2.24, 2.45) is 0 Å². The van der Waals surface area contributed by atoms with E-state index >= 15 is 0 Å². The van der Waals surface area contributed by atoms with Crippen molar-refractivity contribution < 1.29 is 8.83 Å². The topological polar surface area (TPSA) is 69.9 Å². The molecular weight excluding hydrogens is 1010 g/mol. The molecule has 6 heteroatoms. The third-order valence-electron chi connectivity index (χ3n) is 16.5. The summed E-state index contributed by atoms with van der Waals surface area (Å²) in [5.41, 5.74) is 20.0. The van der Waals surface area contributed by atoms with Crippen LogP contribution in [0.15, 0.2) is 251 Å². The molecule has 0 fully saturated rings. The van der Waals surface area contributed by atoms with Crippen LogP contribution in [-0.4, -0.2) is 19.5 Å². The fourth-order valence-electron chi connectivity index (χ4n) is 12.2. The minimum Gasteiger partial charge on any atom is -0.456 e. The molecule has 0 saturated carbocycles. The zero-order chi connectivity index (χ0) is 56.1. The second kappa shape index (κ2) is 19.2. The highest BCUT2D eigenvalue weighted by Crippen LogP contribution is 2.50. The van der Waals surface area contributed by atoms with Crippen LogP contribution in [0.4, 0.5) is 0 Å². The number of hydrogen-bond acceptors (Lipinski definition) is 5. The largest absolute Gasteiger partial charge is 0.456 e. The molecule has 6 nitrogen and oxygen atoms in total. The van der Waals surface area contributed by atoms with Gasteiger partial charge in [-0.1, -0.05) is 211 Å². The minimum atomic E-state index is -0.153. The van der Waals surface area contributed by atoms with Gasteiger partial charge in [-0.2, -0.15) is 0 Å². The molecule has 4 aromatic heterocycles. The van der Waals surface area contributed by atoms with Gasteiger partial charge in [-0.3, -0.25) is 0 Å². The number of para-hydroxylation sites is 2. The average Bonchev–Trinajstić information content (AvgIpc) is 2.67. The maximum absolute atomic E-state index is 6.49. The van der Waals surface area contributed by atoms with Gasteiger partial charge < -0.3 is 13.4 Å². The van der Waals surface area contributed by atoms with E-state index in [0.717, 1.165) is 122 Å². The lowest BCUT2D eigenvalue weighted by Crippen LogP contribution is -2.11. The van der Waals surface area contributed by atoms with Crippen molar-refractivity contribution in [2.75, 3.05) is 0 Å². The number of benzene rings is 11. The molecular formula is C77H58N4O2. The van der Waals surface area contributed by atoms with Crippen LogP contribution in [0.5, 0.6) is 0 Å². The lowest BCUT2D eigenvalue weighted by atomic mass is 9.82. The van der Waals surface area contributed by atoms with E-state index in [9.17, 15) is 0 Å². The molecule has 0 aliphatic rings. The van der Waals surface area contributed by atoms with Gasteiger partial charge in [-0.15, -0.1) is 0 Å².